The molecule has 0 saturated carbocycles. The van der Waals surface area contributed by atoms with Crippen LogP contribution in [-0.2, 0) is 22.5 Å². The Morgan fingerprint density at radius 1 is 1.21 bits per heavy atom. The zero-order valence-corrected chi connectivity index (χ0v) is 17.6. The van der Waals surface area contributed by atoms with Gasteiger partial charge in [-0.15, -0.1) is 0 Å². The number of carbonyl (C=O) groups is 1. The molecule has 0 saturated heterocycles. The van der Waals surface area contributed by atoms with Crippen LogP contribution in [0, 0.1) is 6.92 Å². The maximum Gasteiger partial charge on any atom is 0.323 e. The lowest BCUT2D eigenvalue weighted by molar-refractivity contribution is -0.144. The van der Waals surface area contributed by atoms with Crippen LogP contribution in [0.3, 0.4) is 0 Å². The van der Waals surface area contributed by atoms with Gasteiger partial charge in [-0.25, -0.2) is 0 Å². The van der Waals surface area contributed by atoms with Crippen molar-refractivity contribution in [2.24, 2.45) is 5.73 Å². The molecule has 5 heteroatoms. The van der Waals surface area contributed by atoms with E-state index in [1.807, 2.05) is 18.2 Å². The molecular weight excluding hydrogens is 364 g/mol. The van der Waals surface area contributed by atoms with E-state index in [0.29, 0.717) is 25.3 Å². The number of para-hydroxylation sites is 1. The van der Waals surface area contributed by atoms with Gasteiger partial charge in [0.15, 0.2) is 0 Å². The number of benzene rings is 2. The van der Waals surface area contributed by atoms with Gasteiger partial charge < -0.3 is 20.1 Å². The number of nitrogens with zero attached hydrogens (tertiary/aromatic N) is 1. The summed E-state index contributed by atoms with van der Waals surface area (Å²) < 4.78 is 7.33. The van der Waals surface area contributed by atoms with E-state index in [2.05, 4.69) is 43.5 Å². The lowest BCUT2D eigenvalue weighted by Gasteiger charge is -2.14. The SMILES string of the molecule is CCOC(=O)C(N)Cc1c(C)n(Cc2ccc(O)c(C(C)C)c2)c2ccccc12. The highest BCUT2D eigenvalue weighted by molar-refractivity contribution is 5.87. The van der Waals surface area contributed by atoms with Gasteiger partial charge in [-0.1, -0.05) is 44.2 Å². The van der Waals surface area contributed by atoms with Gasteiger partial charge in [0.05, 0.1) is 6.61 Å². The highest BCUT2D eigenvalue weighted by Crippen LogP contribution is 2.30. The molecule has 0 aliphatic rings. The second-order valence-corrected chi connectivity index (χ2v) is 7.78. The van der Waals surface area contributed by atoms with Crippen LogP contribution in [0.2, 0.25) is 0 Å². The largest absolute Gasteiger partial charge is 0.508 e. The van der Waals surface area contributed by atoms with Crippen molar-refractivity contribution in [3.63, 3.8) is 0 Å². The maximum atomic E-state index is 12.0. The average Bonchev–Trinajstić information content (AvgIpc) is 2.95. The predicted molar refractivity (Wildman–Crippen MR) is 116 cm³/mol. The molecule has 0 aliphatic heterocycles. The van der Waals surface area contributed by atoms with E-state index in [0.717, 1.165) is 33.3 Å². The van der Waals surface area contributed by atoms with Gasteiger partial charge in [0, 0.05) is 29.6 Å². The molecule has 1 heterocycles. The molecular formula is C24H30N2O3. The van der Waals surface area contributed by atoms with Gasteiger partial charge in [-0.2, -0.15) is 0 Å². The summed E-state index contributed by atoms with van der Waals surface area (Å²) in [5.74, 6) is 0.207. The van der Waals surface area contributed by atoms with E-state index in [1.165, 1.54) is 0 Å². The maximum absolute atomic E-state index is 12.0. The molecule has 3 aromatic rings. The molecule has 5 nitrogen and oxygen atoms in total. The van der Waals surface area contributed by atoms with Crippen molar-refractivity contribution in [3.8, 4) is 5.75 Å². The second kappa shape index (κ2) is 8.70. The Labute approximate surface area is 172 Å². The molecule has 0 amide bonds. The fourth-order valence-corrected chi connectivity index (χ4v) is 3.86. The molecule has 0 spiro atoms. The van der Waals surface area contributed by atoms with Crippen LogP contribution in [0.4, 0.5) is 0 Å². The van der Waals surface area contributed by atoms with Gasteiger partial charge in [0.25, 0.3) is 0 Å². The third-order valence-electron chi connectivity index (χ3n) is 5.43. The van der Waals surface area contributed by atoms with Crippen molar-refractivity contribution in [2.45, 2.75) is 52.6 Å². The first-order valence-electron chi connectivity index (χ1n) is 10.1. The quantitative estimate of drug-likeness (QED) is 0.587. The summed E-state index contributed by atoms with van der Waals surface area (Å²) in [7, 11) is 0. The number of phenols is 1. The first-order valence-corrected chi connectivity index (χ1v) is 10.1. The number of carbonyl (C=O) groups excluding carboxylic acids is 1. The molecule has 0 fully saturated rings. The molecule has 0 aliphatic carbocycles. The number of ether oxygens (including phenoxy) is 1. The fourth-order valence-electron chi connectivity index (χ4n) is 3.86. The summed E-state index contributed by atoms with van der Waals surface area (Å²) >= 11 is 0. The number of aromatic nitrogens is 1. The van der Waals surface area contributed by atoms with Crippen molar-refractivity contribution in [1.82, 2.24) is 4.57 Å². The first-order chi connectivity index (χ1) is 13.8. The lowest BCUT2D eigenvalue weighted by atomic mass is 9.99. The monoisotopic (exact) mass is 394 g/mol. The van der Waals surface area contributed by atoms with Crippen LogP contribution in [0.5, 0.6) is 5.75 Å². The van der Waals surface area contributed by atoms with Crippen LogP contribution in [0.1, 0.15) is 49.1 Å². The minimum absolute atomic E-state index is 0.246. The zero-order chi connectivity index (χ0) is 21.1. The molecule has 0 radical (unpaired) electrons. The summed E-state index contributed by atoms with van der Waals surface area (Å²) in [6.45, 7) is 9.00. The Kier molecular flexibility index (Phi) is 6.28. The average molecular weight is 395 g/mol. The fraction of sp³-hybridized carbons (Fsp3) is 0.375. The highest BCUT2D eigenvalue weighted by atomic mass is 16.5. The van der Waals surface area contributed by atoms with Gasteiger partial charge in [-0.3, -0.25) is 4.79 Å². The van der Waals surface area contributed by atoms with Crippen LogP contribution in [0.15, 0.2) is 42.5 Å². The van der Waals surface area contributed by atoms with Crippen LogP contribution < -0.4 is 5.73 Å². The number of esters is 1. The molecule has 0 bridgehead atoms. The van der Waals surface area contributed by atoms with Crippen LogP contribution in [-0.4, -0.2) is 28.3 Å². The predicted octanol–water partition coefficient (Wildman–Crippen LogP) is 4.26. The summed E-state index contributed by atoms with van der Waals surface area (Å²) in [6.07, 6.45) is 0.436. The number of hydrogen-bond donors (Lipinski definition) is 2. The molecule has 1 atom stereocenters. The Morgan fingerprint density at radius 3 is 2.62 bits per heavy atom. The smallest absolute Gasteiger partial charge is 0.323 e. The highest BCUT2D eigenvalue weighted by Gasteiger charge is 2.21. The third kappa shape index (κ3) is 4.30. The molecule has 2 aromatic carbocycles. The Bertz CT molecular complexity index is 1020. The van der Waals surface area contributed by atoms with E-state index in [-0.39, 0.29) is 11.9 Å². The molecule has 29 heavy (non-hydrogen) atoms. The summed E-state index contributed by atoms with van der Waals surface area (Å²) in [6, 6.07) is 13.3. The molecule has 3 N–H and O–H groups in total. The van der Waals surface area contributed by atoms with Crippen LogP contribution >= 0.6 is 0 Å². The number of nitrogens with two attached hydrogens (primary N) is 1. The number of rotatable bonds is 7. The van der Waals surface area contributed by atoms with Gasteiger partial charge in [-0.05, 0) is 48.6 Å². The molecule has 3 rings (SSSR count). The zero-order valence-electron chi connectivity index (χ0n) is 17.6. The van der Waals surface area contributed by atoms with Crippen molar-refractivity contribution in [3.05, 3.63) is 64.8 Å². The van der Waals surface area contributed by atoms with Gasteiger partial charge in [0.1, 0.15) is 11.8 Å². The topological polar surface area (TPSA) is 77.5 Å². The van der Waals surface area contributed by atoms with Crippen molar-refractivity contribution in [1.29, 1.82) is 0 Å². The molecule has 154 valence electrons. The van der Waals surface area contributed by atoms with Crippen LogP contribution in [0.25, 0.3) is 10.9 Å². The van der Waals surface area contributed by atoms with E-state index >= 15 is 0 Å². The number of hydrogen-bond acceptors (Lipinski definition) is 4. The number of phenolic OH excluding ortho intramolecular Hbond substituents is 1. The minimum Gasteiger partial charge on any atom is -0.508 e. The van der Waals surface area contributed by atoms with E-state index < -0.39 is 6.04 Å². The van der Waals surface area contributed by atoms with Crippen molar-refractivity contribution in [2.75, 3.05) is 6.61 Å². The van der Waals surface area contributed by atoms with E-state index in [9.17, 15) is 9.90 Å². The Balaban J connectivity index is 2.00. The Hall–Kier alpha value is -2.79. The minimum atomic E-state index is -0.686. The van der Waals surface area contributed by atoms with E-state index in [4.69, 9.17) is 10.5 Å². The Morgan fingerprint density at radius 2 is 1.93 bits per heavy atom. The van der Waals surface area contributed by atoms with Crippen molar-refractivity contribution < 1.29 is 14.6 Å². The summed E-state index contributed by atoms with van der Waals surface area (Å²) in [5, 5.41) is 11.2. The second-order valence-electron chi connectivity index (χ2n) is 7.78. The molecule has 1 aromatic heterocycles. The summed E-state index contributed by atoms with van der Waals surface area (Å²) in [5.41, 5.74) is 11.5. The molecule has 1 unspecified atom stereocenters. The third-order valence-corrected chi connectivity index (χ3v) is 5.43. The standard InChI is InChI=1S/C24H30N2O3/c1-5-29-24(28)21(25)13-20-16(4)26(22-9-7-6-8-18(20)22)14-17-10-11-23(27)19(12-17)15(2)3/h6-12,15,21,27H,5,13-14,25H2,1-4H3. The lowest BCUT2D eigenvalue weighted by Crippen LogP contribution is -2.34. The normalized spacial score (nSPS) is 12.5. The van der Waals surface area contributed by atoms with Crippen molar-refractivity contribution >= 4 is 16.9 Å². The number of fused-ring (bicyclic) bond motifs is 1. The van der Waals surface area contributed by atoms with E-state index in [1.54, 1.807) is 13.0 Å². The number of aromatic hydroxyl groups is 1. The van der Waals surface area contributed by atoms with Gasteiger partial charge in [0.2, 0.25) is 0 Å². The van der Waals surface area contributed by atoms with Gasteiger partial charge >= 0.3 is 5.97 Å². The summed E-state index contributed by atoms with van der Waals surface area (Å²) in [4.78, 5) is 12.0. The first kappa shape index (κ1) is 20.9.